The lowest BCUT2D eigenvalue weighted by atomic mass is 10.2. The normalized spacial score (nSPS) is 13.9. The highest BCUT2D eigenvalue weighted by Crippen LogP contribution is 2.35. The summed E-state index contributed by atoms with van der Waals surface area (Å²) in [4.78, 5) is 11.5. The molecule has 1 aromatic carbocycles. The summed E-state index contributed by atoms with van der Waals surface area (Å²) < 4.78 is 10.4. The Balaban J connectivity index is 1.88. The smallest absolute Gasteiger partial charge is 0.234 e. The molecule has 0 heterocycles. The number of amides is 1. The number of benzene rings is 1. The number of carbonyl (C=O) groups is 1. The van der Waals surface area contributed by atoms with Gasteiger partial charge in [0.15, 0.2) is 11.5 Å². The molecule has 0 saturated heterocycles. The SMILES string of the molecule is COc1cc(CNCC(=O)NC2CC2)cc(Cl)c1OC. The first-order valence-corrected chi connectivity index (χ1v) is 6.92. The lowest BCUT2D eigenvalue weighted by molar-refractivity contribution is -0.120. The van der Waals surface area contributed by atoms with Gasteiger partial charge in [-0.25, -0.2) is 0 Å². The summed E-state index contributed by atoms with van der Waals surface area (Å²) in [5.74, 6) is 1.13. The molecule has 5 nitrogen and oxygen atoms in total. The third-order valence-corrected chi connectivity index (χ3v) is 3.33. The largest absolute Gasteiger partial charge is 0.493 e. The van der Waals surface area contributed by atoms with E-state index >= 15 is 0 Å². The monoisotopic (exact) mass is 298 g/mol. The molecule has 0 spiro atoms. The molecule has 0 unspecified atom stereocenters. The van der Waals surface area contributed by atoms with Crippen molar-refractivity contribution in [3.8, 4) is 11.5 Å². The summed E-state index contributed by atoms with van der Waals surface area (Å²) in [7, 11) is 3.11. The van der Waals surface area contributed by atoms with E-state index in [4.69, 9.17) is 21.1 Å². The van der Waals surface area contributed by atoms with Crippen molar-refractivity contribution in [3.63, 3.8) is 0 Å². The molecule has 1 amide bonds. The first-order valence-electron chi connectivity index (χ1n) is 6.54. The van der Waals surface area contributed by atoms with Crippen LogP contribution in [-0.4, -0.2) is 32.7 Å². The van der Waals surface area contributed by atoms with Crippen molar-refractivity contribution in [1.82, 2.24) is 10.6 Å². The van der Waals surface area contributed by atoms with Crippen LogP contribution in [0.25, 0.3) is 0 Å². The molecule has 110 valence electrons. The number of carbonyl (C=O) groups excluding carboxylic acids is 1. The van der Waals surface area contributed by atoms with Crippen LogP contribution < -0.4 is 20.1 Å². The fourth-order valence-electron chi connectivity index (χ4n) is 1.90. The molecule has 0 bridgehead atoms. The van der Waals surface area contributed by atoms with Crippen LogP contribution in [0.5, 0.6) is 11.5 Å². The van der Waals surface area contributed by atoms with Crippen molar-refractivity contribution in [2.24, 2.45) is 0 Å². The van der Waals surface area contributed by atoms with E-state index in [0.717, 1.165) is 18.4 Å². The van der Waals surface area contributed by atoms with E-state index in [0.29, 0.717) is 35.7 Å². The Morgan fingerprint density at radius 2 is 2.10 bits per heavy atom. The van der Waals surface area contributed by atoms with Gasteiger partial charge in [-0.3, -0.25) is 4.79 Å². The van der Waals surface area contributed by atoms with Gasteiger partial charge in [0.2, 0.25) is 5.91 Å². The topological polar surface area (TPSA) is 59.6 Å². The van der Waals surface area contributed by atoms with Crippen molar-refractivity contribution >= 4 is 17.5 Å². The predicted octanol–water partition coefficient (Wildman–Crippen LogP) is 1.73. The van der Waals surface area contributed by atoms with Gasteiger partial charge in [-0.1, -0.05) is 11.6 Å². The average molecular weight is 299 g/mol. The van der Waals surface area contributed by atoms with Gasteiger partial charge >= 0.3 is 0 Å². The zero-order chi connectivity index (χ0) is 14.5. The summed E-state index contributed by atoms with van der Waals surface area (Å²) in [6.07, 6.45) is 2.19. The second-order valence-corrected chi connectivity index (χ2v) is 5.17. The molecule has 1 aliphatic carbocycles. The van der Waals surface area contributed by atoms with E-state index in [1.165, 1.54) is 0 Å². The standard InChI is InChI=1S/C14H19ClN2O3/c1-19-12-6-9(5-11(15)14(12)20-2)7-16-8-13(18)17-10-3-4-10/h5-6,10,16H,3-4,7-8H2,1-2H3,(H,17,18). The molecule has 20 heavy (non-hydrogen) atoms. The summed E-state index contributed by atoms with van der Waals surface area (Å²) >= 11 is 6.12. The number of hydrogen-bond donors (Lipinski definition) is 2. The fraction of sp³-hybridized carbons (Fsp3) is 0.500. The minimum atomic E-state index is 0.0269. The molecule has 0 radical (unpaired) electrons. The number of rotatable bonds is 7. The third kappa shape index (κ3) is 4.02. The zero-order valence-electron chi connectivity index (χ0n) is 11.7. The molecule has 1 fully saturated rings. The molecule has 1 aliphatic rings. The van der Waals surface area contributed by atoms with E-state index in [9.17, 15) is 4.79 Å². The number of ether oxygens (including phenoxy) is 2. The van der Waals surface area contributed by atoms with Crippen LogP contribution in [0.2, 0.25) is 5.02 Å². The second-order valence-electron chi connectivity index (χ2n) is 4.76. The van der Waals surface area contributed by atoms with E-state index < -0.39 is 0 Å². The Kier molecular flexibility index (Phi) is 5.09. The van der Waals surface area contributed by atoms with Gasteiger partial charge in [-0.15, -0.1) is 0 Å². The van der Waals surface area contributed by atoms with Gasteiger partial charge in [0.1, 0.15) is 0 Å². The number of hydrogen-bond acceptors (Lipinski definition) is 4. The lowest BCUT2D eigenvalue weighted by Crippen LogP contribution is -2.34. The van der Waals surface area contributed by atoms with Crippen LogP contribution in [0.3, 0.4) is 0 Å². The molecule has 1 aromatic rings. The van der Waals surface area contributed by atoms with Crippen LogP contribution in [0.1, 0.15) is 18.4 Å². The summed E-state index contributed by atoms with van der Waals surface area (Å²) in [6, 6.07) is 4.03. The minimum absolute atomic E-state index is 0.0269. The zero-order valence-corrected chi connectivity index (χ0v) is 12.4. The fourth-order valence-corrected chi connectivity index (χ4v) is 2.21. The lowest BCUT2D eigenvalue weighted by Gasteiger charge is -2.12. The Hall–Kier alpha value is -1.46. The Morgan fingerprint density at radius 1 is 1.35 bits per heavy atom. The van der Waals surface area contributed by atoms with Gasteiger partial charge in [0.05, 0.1) is 25.8 Å². The Bertz CT molecular complexity index is 490. The number of nitrogens with one attached hydrogen (secondary N) is 2. The highest BCUT2D eigenvalue weighted by Gasteiger charge is 2.22. The first-order chi connectivity index (χ1) is 9.63. The number of methoxy groups -OCH3 is 2. The molecule has 1 saturated carbocycles. The molecule has 0 atom stereocenters. The van der Waals surface area contributed by atoms with Crippen molar-refractivity contribution in [2.45, 2.75) is 25.4 Å². The van der Waals surface area contributed by atoms with Gasteiger partial charge < -0.3 is 20.1 Å². The molecule has 6 heteroatoms. The molecular weight excluding hydrogens is 280 g/mol. The van der Waals surface area contributed by atoms with Crippen molar-refractivity contribution < 1.29 is 14.3 Å². The van der Waals surface area contributed by atoms with Gasteiger partial charge in [-0.05, 0) is 30.5 Å². The summed E-state index contributed by atoms with van der Waals surface area (Å²) in [5, 5.41) is 6.50. The van der Waals surface area contributed by atoms with Gasteiger partial charge in [0, 0.05) is 12.6 Å². The van der Waals surface area contributed by atoms with Crippen LogP contribution in [0, 0.1) is 0 Å². The van der Waals surface area contributed by atoms with E-state index in [1.807, 2.05) is 6.07 Å². The molecule has 2 N–H and O–H groups in total. The van der Waals surface area contributed by atoms with Crippen LogP contribution >= 0.6 is 11.6 Å². The highest BCUT2D eigenvalue weighted by atomic mass is 35.5. The maximum atomic E-state index is 11.5. The van der Waals surface area contributed by atoms with Crippen LogP contribution in [-0.2, 0) is 11.3 Å². The minimum Gasteiger partial charge on any atom is -0.493 e. The second kappa shape index (κ2) is 6.81. The van der Waals surface area contributed by atoms with E-state index in [1.54, 1.807) is 20.3 Å². The van der Waals surface area contributed by atoms with Crippen molar-refractivity contribution in [2.75, 3.05) is 20.8 Å². The Labute approximate surface area is 123 Å². The Morgan fingerprint density at radius 3 is 2.70 bits per heavy atom. The molecule has 2 rings (SSSR count). The van der Waals surface area contributed by atoms with Gasteiger partial charge in [0.25, 0.3) is 0 Å². The van der Waals surface area contributed by atoms with Crippen molar-refractivity contribution in [3.05, 3.63) is 22.7 Å². The molecular formula is C14H19ClN2O3. The quantitative estimate of drug-likeness (QED) is 0.805. The molecule has 0 aromatic heterocycles. The average Bonchev–Trinajstić information content (AvgIpc) is 3.21. The third-order valence-electron chi connectivity index (χ3n) is 3.05. The van der Waals surface area contributed by atoms with Crippen molar-refractivity contribution in [1.29, 1.82) is 0 Å². The van der Waals surface area contributed by atoms with Gasteiger partial charge in [-0.2, -0.15) is 0 Å². The predicted molar refractivity (Wildman–Crippen MR) is 77.4 cm³/mol. The summed E-state index contributed by atoms with van der Waals surface area (Å²) in [6.45, 7) is 0.834. The first kappa shape index (κ1) is 14.9. The number of halogens is 1. The van der Waals surface area contributed by atoms with Crippen LogP contribution in [0.15, 0.2) is 12.1 Å². The molecule has 0 aliphatic heterocycles. The van der Waals surface area contributed by atoms with E-state index in [2.05, 4.69) is 10.6 Å². The van der Waals surface area contributed by atoms with E-state index in [-0.39, 0.29) is 5.91 Å². The van der Waals surface area contributed by atoms with Crippen LogP contribution in [0.4, 0.5) is 0 Å². The maximum Gasteiger partial charge on any atom is 0.234 e. The highest BCUT2D eigenvalue weighted by molar-refractivity contribution is 6.32. The summed E-state index contributed by atoms with van der Waals surface area (Å²) in [5.41, 5.74) is 0.937. The maximum absolute atomic E-state index is 11.5.